The summed E-state index contributed by atoms with van der Waals surface area (Å²) in [6.07, 6.45) is 2.65. The molecule has 1 aliphatic heterocycles. The number of anilines is 1. The van der Waals surface area contributed by atoms with Crippen molar-refractivity contribution in [3.63, 3.8) is 0 Å². The number of aryl methyl sites for hydroxylation is 2. The molecule has 5 nitrogen and oxygen atoms in total. The fraction of sp³-hybridized carbons (Fsp3) is 0.471. The number of benzene rings is 1. The second-order valence-corrected chi connectivity index (χ2v) is 7.15. The summed E-state index contributed by atoms with van der Waals surface area (Å²) in [7, 11) is 0. The highest BCUT2D eigenvalue weighted by atomic mass is 35.5. The highest BCUT2D eigenvalue weighted by Crippen LogP contribution is 2.29. The highest BCUT2D eigenvalue weighted by molar-refractivity contribution is 7.18. The molecule has 1 aromatic carbocycles. The maximum atomic E-state index is 12.0. The van der Waals surface area contributed by atoms with Gasteiger partial charge in [0.2, 0.25) is 11.0 Å². The SMILES string of the molecule is Cc1ccc(-c2nnc(NC(=O)CCC3CCNC3)s2)c(C)c1.Cl. The Balaban J connectivity index is 0.00000208. The summed E-state index contributed by atoms with van der Waals surface area (Å²) in [4.78, 5) is 12.0. The summed E-state index contributed by atoms with van der Waals surface area (Å²) in [6, 6.07) is 6.26. The molecule has 1 aromatic heterocycles. The van der Waals surface area contributed by atoms with Crippen LogP contribution in [0.2, 0.25) is 0 Å². The van der Waals surface area contributed by atoms with Crippen molar-refractivity contribution < 1.29 is 4.79 Å². The molecule has 2 aromatic rings. The topological polar surface area (TPSA) is 66.9 Å². The molecule has 7 heteroatoms. The monoisotopic (exact) mass is 366 g/mol. The van der Waals surface area contributed by atoms with Crippen LogP contribution in [-0.4, -0.2) is 29.2 Å². The Morgan fingerprint density at radius 2 is 2.21 bits per heavy atom. The summed E-state index contributed by atoms with van der Waals surface area (Å²) >= 11 is 1.43. The average Bonchev–Trinajstić information content (AvgIpc) is 3.17. The van der Waals surface area contributed by atoms with E-state index in [9.17, 15) is 4.79 Å². The third-order valence-electron chi connectivity index (χ3n) is 4.23. The van der Waals surface area contributed by atoms with Crippen molar-refractivity contribution in [2.24, 2.45) is 5.92 Å². The molecule has 1 amide bonds. The normalized spacial score (nSPS) is 16.7. The minimum atomic E-state index is 0. The van der Waals surface area contributed by atoms with Crippen molar-refractivity contribution in [2.75, 3.05) is 18.4 Å². The van der Waals surface area contributed by atoms with Gasteiger partial charge in [0.15, 0.2) is 0 Å². The number of halogens is 1. The Labute approximate surface area is 152 Å². The first kappa shape index (κ1) is 18.8. The Bertz CT molecular complexity index is 698. The molecule has 2 N–H and O–H groups in total. The van der Waals surface area contributed by atoms with E-state index in [1.807, 2.05) is 0 Å². The lowest BCUT2D eigenvalue weighted by Crippen LogP contribution is -2.14. The number of nitrogens with one attached hydrogen (secondary N) is 2. The van der Waals surface area contributed by atoms with Crippen LogP contribution in [0.1, 0.15) is 30.4 Å². The molecule has 0 aliphatic carbocycles. The van der Waals surface area contributed by atoms with Gasteiger partial charge in [-0.05, 0) is 51.3 Å². The van der Waals surface area contributed by atoms with Crippen LogP contribution < -0.4 is 10.6 Å². The largest absolute Gasteiger partial charge is 0.316 e. The van der Waals surface area contributed by atoms with E-state index in [0.29, 0.717) is 17.5 Å². The molecule has 1 aliphatic rings. The van der Waals surface area contributed by atoms with Crippen molar-refractivity contribution in [1.29, 1.82) is 0 Å². The lowest BCUT2D eigenvalue weighted by atomic mass is 10.0. The third kappa shape index (κ3) is 4.75. The summed E-state index contributed by atoms with van der Waals surface area (Å²) in [5.41, 5.74) is 3.48. The van der Waals surface area contributed by atoms with E-state index in [1.54, 1.807) is 0 Å². The maximum absolute atomic E-state index is 12.0. The van der Waals surface area contributed by atoms with Gasteiger partial charge in [-0.25, -0.2) is 0 Å². The number of hydrogen-bond acceptors (Lipinski definition) is 5. The molecule has 130 valence electrons. The minimum Gasteiger partial charge on any atom is -0.316 e. The standard InChI is InChI=1S/C17H22N4OS.ClH/c1-11-3-5-14(12(2)9-11)16-20-21-17(23-16)19-15(22)6-4-13-7-8-18-10-13;/h3,5,9,13,18H,4,6-8,10H2,1-2H3,(H,19,21,22);1H. The van der Waals surface area contributed by atoms with Crippen molar-refractivity contribution in [3.8, 4) is 10.6 Å². The van der Waals surface area contributed by atoms with Crippen LogP contribution in [0.4, 0.5) is 5.13 Å². The van der Waals surface area contributed by atoms with Gasteiger partial charge in [-0.1, -0.05) is 35.1 Å². The molecule has 0 radical (unpaired) electrons. The van der Waals surface area contributed by atoms with Gasteiger partial charge in [-0.2, -0.15) is 0 Å². The van der Waals surface area contributed by atoms with Crippen LogP contribution >= 0.6 is 23.7 Å². The number of aromatic nitrogens is 2. The smallest absolute Gasteiger partial charge is 0.226 e. The number of hydrogen-bond donors (Lipinski definition) is 2. The minimum absolute atomic E-state index is 0. The Morgan fingerprint density at radius 3 is 2.92 bits per heavy atom. The van der Waals surface area contributed by atoms with E-state index < -0.39 is 0 Å². The molecule has 0 saturated carbocycles. The highest BCUT2D eigenvalue weighted by Gasteiger charge is 2.16. The predicted octanol–water partition coefficient (Wildman–Crippen LogP) is 3.57. The first-order chi connectivity index (χ1) is 11.1. The van der Waals surface area contributed by atoms with Crippen LogP contribution in [0, 0.1) is 19.8 Å². The van der Waals surface area contributed by atoms with Gasteiger partial charge in [-0.3, -0.25) is 4.79 Å². The maximum Gasteiger partial charge on any atom is 0.226 e. The lowest BCUT2D eigenvalue weighted by molar-refractivity contribution is -0.116. The van der Waals surface area contributed by atoms with Gasteiger partial charge in [-0.15, -0.1) is 22.6 Å². The zero-order valence-corrected chi connectivity index (χ0v) is 15.6. The van der Waals surface area contributed by atoms with Crippen LogP contribution in [0.3, 0.4) is 0 Å². The van der Waals surface area contributed by atoms with Crippen molar-refractivity contribution in [1.82, 2.24) is 15.5 Å². The first-order valence-electron chi connectivity index (χ1n) is 8.03. The zero-order chi connectivity index (χ0) is 16.2. The summed E-state index contributed by atoms with van der Waals surface area (Å²) < 4.78 is 0. The molecule has 3 rings (SSSR count). The molecule has 0 bridgehead atoms. The van der Waals surface area contributed by atoms with Crippen LogP contribution in [-0.2, 0) is 4.79 Å². The van der Waals surface area contributed by atoms with E-state index in [4.69, 9.17) is 0 Å². The molecule has 0 spiro atoms. The molecule has 1 atom stereocenters. The molecule has 1 unspecified atom stereocenters. The van der Waals surface area contributed by atoms with Crippen LogP contribution in [0.5, 0.6) is 0 Å². The van der Waals surface area contributed by atoms with E-state index >= 15 is 0 Å². The van der Waals surface area contributed by atoms with E-state index in [-0.39, 0.29) is 18.3 Å². The van der Waals surface area contributed by atoms with Gasteiger partial charge in [0.05, 0.1) is 0 Å². The van der Waals surface area contributed by atoms with Gasteiger partial charge < -0.3 is 10.6 Å². The summed E-state index contributed by atoms with van der Waals surface area (Å²) in [6.45, 7) is 6.24. The van der Waals surface area contributed by atoms with E-state index in [1.165, 1.54) is 28.9 Å². The van der Waals surface area contributed by atoms with Crippen LogP contribution in [0.15, 0.2) is 18.2 Å². The molecular weight excluding hydrogens is 344 g/mol. The Hall–Kier alpha value is -1.50. The quantitative estimate of drug-likeness (QED) is 0.848. The number of carbonyl (C=O) groups excluding carboxylic acids is 1. The second kappa shape index (κ2) is 8.55. The second-order valence-electron chi connectivity index (χ2n) is 6.18. The summed E-state index contributed by atoms with van der Waals surface area (Å²) in [5.74, 6) is 0.654. The Kier molecular flexibility index (Phi) is 6.71. The van der Waals surface area contributed by atoms with Gasteiger partial charge >= 0.3 is 0 Å². The zero-order valence-electron chi connectivity index (χ0n) is 14.0. The third-order valence-corrected chi connectivity index (χ3v) is 5.10. The van der Waals surface area contributed by atoms with Crippen molar-refractivity contribution in [3.05, 3.63) is 29.3 Å². The fourth-order valence-corrected chi connectivity index (χ4v) is 3.76. The van der Waals surface area contributed by atoms with E-state index in [2.05, 4.69) is 52.9 Å². The number of carbonyl (C=O) groups is 1. The predicted molar refractivity (Wildman–Crippen MR) is 101 cm³/mol. The molecule has 1 saturated heterocycles. The van der Waals surface area contributed by atoms with Gasteiger partial charge in [0.1, 0.15) is 5.01 Å². The summed E-state index contributed by atoms with van der Waals surface area (Å²) in [5, 5.41) is 15.9. The number of rotatable bonds is 5. The first-order valence-corrected chi connectivity index (χ1v) is 8.85. The van der Waals surface area contributed by atoms with Crippen molar-refractivity contribution >= 4 is 34.8 Å². The molecule has 2 heterocycles. The number of nitrogens with zero attached hydrogens (tertiary/aromatic N) is 2. The molecular formula is C17H23ClN4OS. The van der Waals surface area contributed by atoms with Crippen LogP contribution in [0.25, 0.3) is 10.6 Å². The van der Waals surface area contributed by atoms with Gasteiger partial charge in [0.25, 0.3) is 0 Å². The number of amides is 1. The Morgan fingerprint density at radius 1 is 1.38 bits per heavy atom. The van der Waals surface area contributed by atoms with Crippen molar-refractivity contribution in [2.45, 2.75) is 33.1 Å². The van der Waals surface area contributed by atoms with Gasteiger partial charge in [0, 0.05) is 12.0 Å². The average molecular weight is 367 g/mol. The molecule has 24 heavy (non-hydrogen) atoms. The van der Waals surface area contributed by atoms with E-state index in [0.717, 1.165) is 30.1 Å². The molecule has 1 fully saturated rings. The lowest BCUT2D eigenvalue weighted by Gasteiger charge is -2.06. The fourth-order valence-electron chi connectivity index (χ4n) is 2.91.